The minimum absolute atomic E-state index is 0.0709. The van der Waals surface area contributed by atoms with Crippen molar-refractivity contribution in [2.45, 2.75) is 46.5 Å². The minimum atomic E-state index is -0.149. The van der Waals surface area contributed by atoms with Crippen LogP contribution in [0.3, 0.4) is 0 Å². The fourth-order valence-electron chi connectivity index (χ4n) is 3.20. The van der Waals surface area contributed by atoms with E-state index in [9.17, 15) is 9.59 Å². The summed E-state index contributed by atoms with van der Waals surface area (Å²) < 4.78 is 10.3. The van der Waals surface area contributed by atoms with Gasteiger partial charge in [-0.3, -0.25) is 9.59 Å². The van der Waals surface area contributed by atoms with Crippen LogP contribution in [-0.2, 0) is 4.79 Å². The molecule has 1 aliphatic rings. The van der Waals surface area contributed by atoms with Crippen molar-refractivity contribution >= 4 is 17.6 Å². The summed E-state index contributed by atoms with van der Waals surface area (Å²) in [6.07, 6.45) is 1.21. The molecule has 1 aliphatic heterocycles. The maximum atomic E-state index is 12.9. The molecular formula is C18H24N4O4. The first kappa shape index (κ1) is 18.2. The Morgan fingerprint density at radius 1 is 1.19 bits per heavy atom. The molecule has 0 atom stereocenters. The molecule has 0 spiro atoms. The van der Waals surface area contributed by atoms with Gasteiger partial charge in [-0.05, 0) is 26.7 Å². The maximum absolute atomic E-state index is 12.9. The third-order valence-corrected chi connectivity index (χ3v) is 4.66. The minimum Gasteiger partial charge on any atom is -0.360 e. The van der Waals surface area contributed by atoms with Crippen molar-refractivity contribution in [3.8, 4) is 0 Å². The highest BCUT2D eigenvalue weighted by atomic mass is 16.5. The lowest BCUT2D eigenvalue weighted by molar-refractivity contribution is -0.121. The van der Waals surface area contributed by atoms with Crippen LogP contribution in [0, 0.1) is 19.8 Å². The normalized spacial score (nSPS) is 15.5. The van der Waals surface area contributed by atoms with Gasteiger partial charge in [-0.2, -0.15) is 0 Å². The molecule has 1 fully saturated rings. The molecule has 0 bridgehead atoms. The molecule has 2 amide bonds. The molecule has 3 rings (SSSR count). The second-order valence-corrected chi connectivity index (χ2v) is 7.04. The number of hydrogen-bond acceptors (Lipinski definition) is 6. The van der Waals surface area contributed by atoms with Gasteiger partial charge in [-0.1, -0.05) is 24.2 Å². The molecule has 8 heteroatoms. The monoisotopic (exact) mass is 360 g/mol. The quantitative estimate of drug-likeness (QED) is 0.899. The van der Waals surface area contributed by atoms with Crippen molar-refractivity contribution in [3.63, 3.8) is 0 Å². The first-order valence-electron chi connectivity index (χ1n) is 8.86. The molecule has 1 N–H and O–H groups in total. The number of carbonyl (C=O) groups excluding carboxylic acids is 2. The lowest BCUT2D eigenvalue weighted by Crippen LogP contribution is -2.41. The summed E-state index contributed by atoms with van der Waals surface area (Å²) in [5.41, 5.74) is 1.17. The predicted octanol–water partition coefficient (Wildman–Crippen LogP) is 2.89. The number of hydrogen-bond donors (Lipinski definition) is 1. The number of carbonyl (C=O) groups is 2. The Kier molecular flexibility index (Phi) is 5.11. The average Bonchev–Trinajstić information content (AvgIpc) is 3.20. The van der Waals surface area contributed by atoms with E-state index >= 15 is 0 Å². The van der Waals surface area contributed by atoms with Gasteiger partial charge in [0.1, 0.15) is 11.3 Å². The maximum Gasteiger partial charge on any atom is 0.259 e. The largest absolute Gasteiger partial charge is 0.360 e. The van der Waals surface area contributed by atoms with Crippen molar-refractivity contribution in [3.05, 3.63) is 28.8 Å². The number of aryl methyl sites for hydroxylation is 2. The zero-order chi connectivity index (χ0) is 18.8. The Morgan fingerprint density at radius 3 is 2.46 bits per heavy atom. The van der Waals surface area contributed by atoms with Gasteiger partial charge in [0.15, 0.2) is 11.6 Å². The Hall–Kier alpha value is -2.64. The standard InChI is InChI=1S/C18H24N4O4/c1-10(2)16-15(12(4)20-26-16)18(24)22-7-5-13(6-8-22)17(23)19-14-9-11(3)25-21-14/h9-10,13H,5-8H2,1-4H3,(H,19,21,23). The summed E-state index contributed by atoms with van der Waals surface area (Å²) in [4.78, 5) is 27.0. The molecule has 0 aromatic carbocycles. The molecule has 0 radical (unpaired) electrons. The number of nitrogens with one attached hydrogen (secondary N) is 1. The molecule has 2 aromatic heterocycles. The third kappa shape index (κ3) is 3.63. The summed E-state index contributed by atoms with van der Waals surface area (Å²) in [6.45, 7) is 8.54. The molecule has 0 unspecified atom stereocenters. The van der Waals surface area contributed by atoms with Crippen LogP contribution in [0.4, 0.5) is 5.82 Å². The summed E-state index contributed by atoms with van der Waals surface area (Å²) in [7, 11) is 0. The van der Waals surface area contributed by atoms with Crippen molar-refractivity contribution < 1.29 is 18.6 Å². The topological polar surface area (TPSA) is 101 Å². The molecule has 0 aliphatic carbocycles. The zero-order valence-corrected chi connectivity index (χ0v) is 15.5. The average molecular weight is 360 g/mol. The molecule has 0 saturated carbocycles. The third-order valence-electron chi connectivity index (χ3n) is 4.66. The van der Waals surface area contributed by atoms with Gasteiger partial charge in [-0.25, -0.2) is 0 Å². The molecule has 140 valence electrons. The van der Waals surface area contributed by atoms with Crippen LogP contribution in [0.2, 0.25) is 0 Å². The lowest BCUT2D eigenvalue weighted by atomic mass is 9.95. The number of piperidine rings is 1. The smallest absolute Gasteiger partial charge is 0.259 e. The molecule has 26 heavy (non-hydrogen) atoms. The number of aromatic nitrogens is 2. The van der Waals surface area contributed by atoms with Crippen molar-refractivity contribution in [1.29, 1.82) is 0 Å². The van der Waals surface area contributed by atoms with Gasteiger partial charge in [-0.15, -0.1) is 0 Å². The Labute approximate surface area is 151 Å². The van der Waals surface area contributed by atoms with E-state index in [-0.39, 0.29) is 23.7 Å². The van der Waals surface area contributed by atoms with Crippen LogP contribution in [0.5, 0.6) is 0 Å². The lowest BCUT2D eigenvalue weighted by Gasteiger charge is -2.31. The SMILES string of the molecule is Cc1cc(NC(=O)C2CCN(C(=O)c3c(C)noc3C(C)C)CC2)no1. The molecule has 2 aromatic rings. The molecule has 3 heterocycles. The second-order valence-electron chi connectivity index (χ2n) is 7.04. The summed E-state index contributed by atoms with van der Waals surface area (Å²) >= 11 is 0. The van der Waals surface area contributed by atoms with Crippen LogP contribution < -0.4 is 5.32 Å². The molecular weight excluding hydrogens is 336 g/mol. The number of likely N-dealkylation sites (tertiary alicyclic amines) is 1. The van der Waals surface area contributed by atoms with Crippen LogP contribution in [0.1, 0.15) is 60.2 Å². The first-order valence-corrected chi connectivity index (χ1v) is 8.86. The number of anilines is 1. The van der Waals surface area contributed by atoms with E-state index in [2.05, 4.69) is 15.6 Å². The summed E-state index contributed by atoms with van der Waals surface area (Å²) in [5, 5.41) is 10.5. The van der Waals surface area contributed by atoms with E-state index in [1.54, 1.807) is 24.8 Å². The van der Waals surface area contributed by atoms with Crippen LogP contribution in [-0.4, -0.2) is 40.1 Å². The molecule has 1 saturated heterocycles. The fraction of sp³-hybridized carbons (Fsp3) is 0.556. The van der Waals surface area contributed by atoms with Gasteiger partial charge >= 0.3 is 0 Å². The second kappa shape index (κ2) is 7.31. The Bertz CT molecular complexity index is 800. The highest BCUT2D eigenvalue weighted by molar-refractivity contribution is 5.97. The fourth-order valence-corrected chi connectivity index (χ4v) is 3.20. The molecule has 8 nitrogen and oxygen atoms in total. The van der Waals surface area contributed by atoms with E-state index in [4.69, 9.17) is 9.05 Å². The van der Waals surface area contributed by atoms with Crippen LogP contribution in [0.15, 0.2) is 15.1 Å². The number of rotatable bonds is 4. The van der Waals surface area contributed by atoms with Crippen LogP contribution >= 0.6 is 0 Å². The number of nitrogens with zero attached hydrogens (tertiary/aromatic N) is 3. The Balaban J connectivity index is 1.60. The number of amides is 2. The first-order chi connectivity index (χ1) is 12.4. The van der Waals surface area contributed by atoms with Crippen molar-refractivity contribution in [2.24, 2.45) is 5.92 Å². The zero-order valence-electron chi connectivity index (χ0n) is 15.5. The van der Waals surface area contributed by atoms with E-state index in [0.717, 1.165) is 0 Å². The van der Waals surface area contributed by atoms with E-state index < -0.39 is 0 Å². The highest BCUT2D eigenvalue weighted by Gasteiger charge is 2.31. The van der Waals surface area contributed by atoms with Gasteiger partial charge < -0.3 is 19.3 Å². The van der Waals surface area contributed by atoms with Gasteiger partial charge in [0.2, 0.25) is 5.91 Å². The summed E-state index contributed by atoms with van der Waals surface area (Å²) in [5.74, 6) is 1.47. The van der Waals surface area contributed by atoms with Crippen LogP contribution in [0.25, 0.3) is 0 Å². The van der Waals surface area contributed by atoms with E-state index in [1.165, 1.54) is 0 Å². The summed E-state index contributed by atoms with van der Waals surface area (Å²) in [6, 6.07) is 1.68. The predicted molar refractivity (Wildman–Crippen MR) is 93.8 cm³/mol. The van der Waals surface area contributed by atoms with Crippen molar-refractivity contribution in [1.82, 2.24) is 15.2 Å². The Morgan fingerprint density at radius 2 is 1.88 bits per heavy atom. The van der Waals surface area contributed by atoms with Gasteiger partial charge in [0.25, 0.3) is 5.91 Å². The van der Waals surface area contributed by atoms with E-state index in [0.29, 0.717) is 54.5 Å². The highest BCUT2D eigenvalue weighted by Crippen LogP contribution is 2.26. The van der Waals surface area contributed by atoms with Gasteiger partial charge in [0, 0.05) is 31.0 Å². The van der Waals surface area contributed by atoms with E-state index in [1.807, 2.05) is 13.8 Å². The van der Waals surface area contributed by atoms with Crippen molar-refractivity contribution in [2.75, 3.05) is 18.4 Å². The van der Waals surface area contributed by atoms with Gasteiger partial charge in [0.05, 0.1) is 5.69 Å².